The maximum atomic E-state index is 2.47. The number of benzene rings is 10. The van der Waals surface area contributed by atoms with Gasteiger partial charge >= 0.3 is 0 Å². The first kappa shape index (κ1) is 34.3. The molecule has 0 amide bonds. The number of hydrogen-bond donors (Lipinski definition) is 0. The van der Waals surface area contributed by atoms with Crippen LogP contribution in [0, 0.1) is 0 Å². The Morgan fingerprint density at radius 1 is 0.267 bits per heavy atom. The summed E-state index contributed by atoms with van der Waals surface area (Å²) in [6, 6.07) is 87.0. The van der Waals surface area contributed by atoms with Gasteiger partial charge in [-0.2, -0.15) is 0 Å². The van der Waals surface area contributed by atoms with E-state index >= 15 is 0 Å². The lowest BCUT2D eigenvalue weighted by molar-refractivity contribution is 0.794. The van der Waals surface area contributed by atoms with Crippen molar-refractivity contribution in [1.29, 1.82) is 0 Å². The first-order valence-corrected chi connectivity index (χ1v) is 20.8. The molecule has 1 heteroatoms. The van der Waals surface area contributed by atoms with Crippen LogP contribution in [0.5, 0.6) is 0 Å². The number of anilines is 3. The Morgan fingerprint density at radius 2 is 0.717 bits per heavy atom. The van der Waals surface area contributed by atoms with Crippen LogP contribution in [0.3, 0.4) is 0 Å². The smallest absolute Gasteiger partial charge is 0.0725 e. The maximum absolute atomic E-state index is 2.47. The van der Waals surface area contributed by atoms with E-state index in [2.05, 4.69) is 241 Å². The topological polar surface area (TPSA) is 3.24 Å². The fourth-order valence-electron chi connectivity index (χ4n) is 10.3. The van der Waals surface area contributed by atoms with Gasteiger partial charge in [-0.15, -0.1) is 0 Å². The molecule has 0 unspecified atom stereocenters. The normalized spacial score (nSPS) is 12.8. The molecule has 0 saturated carbocycles. The van der Waals surface area contributed by atoms with E-state index in [0.29, 0.717) is 0 Å². The Kier molecular flexibility index (Phi) is 7.83. The molecular weight excluding hydrogens is 723 g/mol. The minimum atomic E-state index is -0.361. The maximum Gasteiger partial charge on any atom is 0.0725 e. The fraction of sp³-hybridized carbons (Fsp3) is 0.0169. The summed E-state index contributed by atoms with van der Waals surface area (Å²) in [5.41, 5.74) is 21.0. The van der Waals surface area contributed by atoms with Crippen LogP contribution in [0.2, 0.25) is 0 Å². The van der Waals surface area contributed by atoms with Gasteiger partial charge in [0.15, 0.2) is 0 Å². The fourth-order valence-corrected chi connectivity index (χ4v) is 10.3. The molecule has 1 spiro atoms. The molecule has 2 aliphatic carbocycles. The third-order valence-electron chi connectivity index (χ3n) is 12.9. The van der Waals surface area contributed by atoms with E-state index in [0.717, 1.165) is 17.1 Å². The third-order valence-corrected chi connectivity index (χ3v) is 12.9. The van der Waals surface area contributed by atoms with E-state index < -0.39 is 0 Å². The molecule has 0 bridgehead atoms. The van der Waals surface area contributed by atoms with Gasteiger partial charge in [0.2, 0.25) is 0 Å². The number of hydrogen-bond acceptors (Lipinski definition) is 1. The molecule has 280 valence electrons. The molecule has 0 N–H and O–H groups in total. The summed E-state index contributed by atoms with van der Waals surface area (Å²) in [6.45, 7) is 0. The molecule has 2 aliphatic rings. The molecule has 0 saturated heterocycles. The molecule has 10 aromatic rings. The van der Waals surface area contributed by atoms with Crippen molar-refractivity contribution in [3.63, 3.8) is 0 Å². The van der Waals surface area contributed by atoms with Crippen LogP contribution in [0.4, 0.5) is 17.1 Å². The Hall–Kier alpha value is -7.74. The molecule has 10 aromatic carbocycles. The Bertz CT molecular complexity index is 3170. The quantitative estimate of drug-likeness (QED) is 0.163. The Labute approximate surface area is 351 Å². The molecule has 12 rings (SSSR count). The third kappa shape index (κ3) is 5.13. The SMILES string of the molecule is c1ccc(-c2c(-c3ccc(N(c4ccccc4)c4ccc(-c5ccc6c(c5)C5(c7ccccc7-c7ccccc75)c5ccccc5-6)cc4)cc3)ccc3ccccc23)cc1. The molecule has 0 aromatic heterocycles. The van der Waals surface area contributed by atoms with Crippen molar-refractivity contribution in [2.24, 2.45) is 0 Å². The summed E-state index contributed by atoms with van der Waals surface area (Å²) in [6.07, 6.45) is 0. The predicted octanol–water partition coefficient (Wildman–Crippen LogP) is 15.7. The zero-order valence-electron chi connectivity index (χ0n) is 33.0. The molecule has 60 heavy (non-hydrogen) atoms. The average Bonchev–Trinajstić information content (AvgIpc) is 3.79. The molecule has 0 atom stereocenters. The molecule has 0 aliphatic heterocycles. The van der Waals surface area contributed by atoms with Gasteiger partial charge in [-0.05, 0) is 131 Å². The van der Waals surface area contributed by atoms with Crippen LogP contribution in [0.25, 0.3) is 66.4 Å². The van der Waals surface area contributed by atoms with Gasteiger partial charge in [-0.1, -0.05) is 194 Å². The highest BCUT2D eigenvalue weighted by molar-refractivity contribution is 6.04. The lowest BCUT2D eigenvalue weighted by Crippen LogP contribution is -2.25. The number of nitrogens with zero attached hydrogens (tertiary/aromatic N) is 1. The van der Waals surface area contributed by atoms with Crippen LogP contribution in [0.1, 0.15) is 22.3 Å². The van der Waals surface area contributed by atoms with E-state index in [1.54, 1.807) is 0 Å². The number of fused-ring (bicyclic) bond motifs is 11. The monoisotopic (exact) mass is 761 g/mol. The van der Waals surface area contributed by atoms with Gasteiger partial charge in [0.05, 0.1) is 5.41 Å². The lowest BCUT2D eigenvalue weighted by atomic mass is 9.70. The second-order valence-electron chi connectivity index (χ2n) is 16.0. The number of rotatable bonds is 6. The number of para-hydroxylation sites is 1. The van der Waals surface area contributed by atoms with Crippen molar-refractivity contribution in [2.75, 3.05) is 4.90 Å². The summed E-state index contributed by atoms with van der Waals surface area (Å²) in [5, 5.41) is 2.51. The summed E-state index contributed by atoms with van der Waals surface area (Å²) in [4.78, 5) is 2.35. The van der Waals surface area contributed by atoms with E-state index in [9.17, 15) is 0 Å². The Balaban J connectivity index is 0.941. The van der Waals surface area contributed by atoms with E-state index in [-0.39, 0.29) is 5.41 Å². The highest BCUT2D eigenvalue weighted by atomic mass is 15.1. The minimum Gasteiger partial charge on any atom is -0.311 e. The zero-order chi connectivity index (χ0) is 39.6. The van der Waals surface area contributed by atoms with Crippen LogP contribution in [-0.4, -0.2) is 0 Å². The summed E-state index contributed by atoms with van der Waals surface area (Å²) >= 11 is 0. The van der Waals surface area contributed by atoms with E-state index in [4.69, 9.17) is 0 Å². The van der Waals surface area contributed by atoms with Crippen molar-refractivity contribution in [1.82, 2.24) is 0 Å². The molecule has 1 nitrogen and oxygen atoms in total. The average molecular weight is 762 g/mol. The highest BCUT2D eigenvalue weighted by Crippen LogP contribution is 2.63. The van der Waals surface area contributed by atoms with Crippen molar-refractivity contribution in [3.05, 3.63) is 259 Å². The van der Waals surface area contributed by atoms with E-state index in [1.807, 2.05) is 0 Å². The van der Waals surface area contributed by atoms with Gasteiger partial charge in [0, 0.05) is 17.1 Å². The largest absolute Gasteiger partial charge is 0.311 e. The second kappa shape index (κ2) is 13.7. The first-order chi connectivity index (χ1) is 29.8. The minimum absolute atomic E-state index is 0.361. The summed E-state index contributed by atoms with van der Waals surface area (Å²) in [7, 11) is 0. The standard InChI is InChI=1S/C59H39N/c1-3-16-43(17-4-1)58-48-20-8-7-15-41(48)31-37-49(58)42-29-35-47(36-30-42)60(45-18-5-2-6-19-45)46-33-27-40(28-34-46)44-32-38-53-52-23-11-14-26-56(52)59(57(53)39-44)54-24-12-9-21-50(54)51-22-10-13-25-55(51)59/h1-39H. The summed E-state index contributed by atoms with van der Waals surface area (Å²) in [5.74, 6) is 0. The van der Waals surface area contributed by atoms with Crippen LogP contribution >= 0.6 is 0 Å². The highest BCUT2D eigenvalue weighted by Gasteiger charge is 2.51. The van der Waals surface area contributed by atoms with Crippen molar-refractivity contribution in [2.45, 2.75) is 5.41 Å². The lowest BCUT2D eigenvalue weighted by Gasteiger charge is -2.30. The van der Waals surface area contributed by atoms with Crippen molar-refractivity contribution < 1.29 is 0 Å². The molecular formula is C59H39N. The van der Waals surface area contributed by atoms with Gasteiger partial charge in [0.1, 0.15) is 0 Å². The van der Waals surface area contributed by atoms with Gasteiger partial charge in [0.25, 0.3) is 0 Å². The van der Waals surface area contributed by atoms with Gasteiger partial charge in [-0.3, -0.25) is 0 Å². The van der Waals surface area contributed by atoms with Gasteiger partial charge < -0.3 is 4.90 Å². The van der Waals surface area contributed by atoms with Crippen LogP contribution in [0.15, 0.2) is 237 Å². The summed E-state index contributed by atoms with van der Waals surface area (Å²) < 4.78 is 0. The Morgan fingerprint density at radius 3 is 1.33 bits per heavy atom. The predicted molar refractivity (Wildman–Crippen MR) is 251 cm³/mol. The second-order valence-corrected chi connectivity index (χ2v) is 16.0. The van der Waals surface area contributed by atoms with Crippen LogP contribution in [-0.2, 0) is 5.41 Å². The first-order valence-electron chi connectivity index (χ1n) is 20.8. The zero-order valence-corrected chi connectivity index (χ0v) is 33.0. The van der Waals surface area contributed by atoms with Gasteiger partial charge in [-0.25, -0.2) is 0 Å². The van der Waals surface area contributed by atoms with Crippen molar-refractivity contribution in [3.8, 4) is 55.6 Å². The van der Waals surface area contributed by atoms with E-state index in [1.165, 1.54) is 88.7 Å². The van der Waals surface area contributed by atoms with Crippen LogP contribution < -0.4 is 4.90 Å². The molecule has 0 heterocycles. The molecule has 0 radical (unpaired) electrons. The van der Waals surface area contributed by atoms with Crippen molar-refractivity contribution >= 4 is 27.8 Å². The molecule has 0 fully saturated rings.